The van der Waals surface area contributed by atoms with Crippen molar-refractivity contribution in [1.82, 2.24) is 10.3 Å². The predicted octanol–water partition coefficient (Wildman–Crippen LogP) is 2.35. The third-order valence-electron chi connectivity index (χ3n) is 2.30. The van der Waals surface area contributed by atoms with Crippen LogP contribution in [0.25, 0.3) is 0 Å². The summed E-state index contributed by atoms with van der Waals surface area (Å²) in [7, 11) is 0. The molecule has 0 aliphatic rings. The van der Waals surface area contributed by atoms with E-state index in [1.807, 2.05) is 36.7 Å². The van der Waals surface area contributed by atoms with Crippen molar-refractivity contribution >= 4 is 6.09 Å². The summed E-state index contributed by atoms with van der Waals surface area (Å²) < 4.78 is 5.08. The van der Waals surface area contributed by atoms with Crippen LogP contribution in [0.2, 0.25) is 0 Å². The van der Waals surface area contributed by atoms with Gasteiger partial charge in [0.05, 0.1) is 0 Å². The smallest absolute Gasteiger partial charge is 0.410 e. The lowest BCUT2D eigenvalue weighted by Gasteiger charge is -2.05. The molecule has 0 aliphatic carbocycles. The molecule has 0 atom stereocenters. The van der Waals surface area contributed by atoms with Gasteiger partial charge in [0.15, 0.2) is 0 Å². The van der Waals surface area contributed by atoms with Crippen LogP contribution >= 0.6 is 0 Å². The molecule has 0 aliphatic heterocycles. The van der Waals surface area contributed by atoms with Gasteiger partial charge in [-0.1, -0.05) is 18.2 Å². The van der Waals surface area contributed by atoms with Crippen LogP contribution in [0.1, 0.15) is 5.56 Å². The highest BCUT2D eigenvalue weighted by Gasteiger charge is 2.02. The predicted molar refractivity (Wildman–Crippen MR) is 65.0 cm³/mol. The zero-order valence-electron chi connectivity index (χ0n) is 9.35. The minimum absolute atomic E-state index is 0.424. The van der Waals surface area contributed by atoms with E-state index in [-0.39, 0.29) is 0 Å². The molecule has 1 amide bonds. The number of aromatic amines is 1. The Kier molecular flexibility index (Phi) is 3.81. The zero-order valence-corrected chi connectivity index (χ0v) is 9.35. The van der Waals surface area contributed by atoms with Crippen molar-refractivity contribution in [3.63, 3.8) is 0 Å². The topological polar surface area (TPSA) is 54.1 Å². The number of para-hydroxylation sites is 1. The van der Waals surface area contributed by atoms with Gasteiger partial charge in [-0.3, -0.25) is 0 Å². The van der Waals surface area contributed by atoms with E-state index in [4.69, 9.17) is 4.74 Å². The number of amides is 1. The molecule has 0 unspecified atom stereocenters. The van der Waals surface area contributed by atoms with E-state index in [1.165, 1.54) is 0 Å². The fourth-order valence-electron chi connectivity index (χ4n) is 1.45. The highest BCUT2D eigenvalue weighted by molar-refractivity contribution is 5.70. The van der Waals surface area contributed by atoms with Gasteiger partial charge in [0.1, 0.15) is 5.75 Å². The molecule has 0 saturated carbocycles. The van der Waals surface area contributed by atoms with Gasteiger partial charge in [0, 0.05) is 18.9 Å². The first-order chi connectivity index (χ1) is 8.34. The lowest BCUT2D eigenvalue weighted by Crippen LogP contribution is -2.28. The lowest BCUT2D eigenvalue weighted by atomic mass is 10.2. The van der Waals surface area contributed by atoms with Crippen molar-refractivity contribution in [3.8, 4) is 5.75 Å². The van der Waals surface area contributed by atoms with Crippen LogP contribution in [0.3, 0.4) is 0 Å². The van der Waals surface area contributed by atoms with Crippen LogP contribution in [0.5, 0.6) is 5.75 Å². The summed E-state index contributed by atoms with van der Waals surface area (Å²) in [6.45, 7) is 0.559. The Morgan fingerprint density at radius 2 is 2.06 bits per heavy atom. The van der Waals surface area contributed by atoms with Gasteiger partial charge in [0.25, 0.3) is 0 Å². The minimum Gasteiger partial charge on any atom is -0.410 e. The molecule has 4 nitrogen and oxygen atoms in total. The molecule has 2 aromatic rings. The molecule has 17 heavy (non-hydrogen) atoms. The second kappa shape index (κ2) is 5.75. The number of nitrogens with one attached hydrogen (secondary N) is 2. The Hall–Kier alpha value is -2.23. The normalized spacial score (nSPS) is 9.88. The average molecular weight is 230 g/mol. The molecular weight excluding hydrogens is 216 g/mol. The second-order valence-corrected chi connectivity index (χ2v) is 3.60. The first-order valence-electron chi connectivity index (χ1n) is 5.47. The summed E-state index contributed by atoms with van der Waals surface area (Å²) in [4.78, 5) is 14.4. The fourth-order valence-corrected chi connectivity index (χ4v) is 1.45. The average Bonchev–Trinajstić information content (AvgIpc) is 2.83. The maximum atomic E-state index is 11.4. The molecule has 0 bridgehead atoms. The van der Waals surface area contributed by atoms with Crippen LogP contribution in [0.4, 0.5) is 4.79 Å². The molecule has 1 aromatic carbocycles. The monoisotopic (exact) mass is 230 g/mol. The van der Waals surface area contributed by atoms with Gasteiger partial charge in [-0.05, 0) is 30.2 Å². The summed E-state index contributed by atoms with van der Waals surface area (Å²) in [5.41, 5.74) is 1.16. The van der Waals surface area contributed by atoms with E-state index >= 15 is 0 Å². The van der Waals surface area contributed by atoms with E-state index in [1.54, 1.807) is 12.1 Å². The second-order valence-electron chi connectivity index (χ2n) is 3.60. The molecular formula is C13H14N2O2. The van der Waals surface area contributed by atoms with Crippen LogP contribution in [0.15, 0.2) is 48.8 Å². The summed E-state index contributed by atoms with van der Waals surface area (Å²) >= 11 is 0. The highest BCUT2D eigenvalue weighted by Crippen LogP contribution is 2.08. The molecule has 88 valence electrons. The molecule has 2 rings (SSSR count). The Balaban J connectivity index is 1.71. The van der Waals surface area contributed by atoms with E-state index in [0.717, 1.165) is 12.0 Å². The standard InChI is InChI=1S/C13H14N2O2/c16-13(17-12-4-2-1-3-5-12)15-9-7-11-6-8-14-10-11/h1-6,8,10,14H,7,9H2,(H,15,16). The number of aromatic nitrogens is 1. The first kappa shape index (κ1) is 11.3. The number of hydrogen-bond acceptors (Lipinski definition) is 2. The van der Waals surface area contributed by atoms with Crippen molar-refractivity contribution in [2.45, 2.75) is 6.42 Å². The van der Waals surface area contributed by atoms with Crippen molar-refractivity contribution in [2.24, 2.45) is 0 Å². The molecule has 0 saturated heterocycles. The van der Waals surface area contributed by atoms with E-state index in [9.17, 15) is 4.79 Å². The number of rotatable bonds is 4. The molecule has 0 fully saturated rings. The van der Waals surface area contributed by atoms with Crippen molar-refractivity contribution in [2.75, 3.05) is 6.54 Å². The zero-order chi connectivity index (χ0) is 11.9. The maximum absolute atomic E-state index is 11.4. The van der Waals surface area contributed by atoms with Crippen molar-refractivity contribution in [1.29, 1.82) is 0 Å². The van der Waals surface area contributed by atoms with Gasteiger partial charge in [0.2, 0.25) is 0 Å². The summed E-state index contributed by atoms with van der Waals surface area (Å²) in [6, 6.07) is 11.0. The van der Waals surface area contributed by atoms with E-state index < -0.39 is 6.09 Å². The molecule has 1 aromatic heterocycles. The number of carbonyl (C=O) groups is 1. The Morgan fingerprint density at radius 1 is 1.24 bits per heavy atom. The third-order valence-corrected chi connectivity index (χ3v) is 2.30. The molecule has 0 spiro atoms. The SMILES string of the molecule is O=C(NCCc1cc[nH]c1)Oc1ccccc1. The molecule has 1 heterocycles. The lowest BCUT2D eigenvalue weighted by molar-refractivity contribution is 0.200. The largest absolute Gasteiger partial charge is 0.412 e. The van der Waals surface area contributed by atoms with Gasteiger partial charge in [-0.25, -0.2) is 4.79 Å². The van der Waals surface area contributed by atoms with Crippen molar-refractivity contribution in [3.05, 3.63) is 54.4 Å². The summed E-state index contributed by atoms with van der Waals surface area (Å²) in [6.07, 6.45) is 4.13. The van der Waals surface area contributed by atoms with E-state index in [0.29, 0.717) is 12.3 Å². The third kappa shape index (κ3) is 3.68. The molecule has 2 N–H and O–H groups in total. The Labute approximate surface area is 99.6 Å². The number of ether oxygens (including phenoxy) is 1. The van der Waals surface area contributed by atoms with Crippen LogP contribution in [-0.2, 0) is 6.42 Å². The highest BCUT2D eigenvalue weighted by atomic mass is 16.5. The number of H-pyrrole nitrogens is 1. The Bertz CT molecular complexity index is 452. The maximum Gasteiger partial charge on any atom is 0.412 e. The molecule has 4 heteroatoms. The van der Waals surface area contributed by atoms with Gasteiger partial charge in [-0.15, -0.1) is 0 Å². The summed E-state index contributed by atoms with van der Waals surface area (Å²) in [5.74, 6) is 0.548. The fraction of sp³-hybridized carbons (Fsp3) is 0.154. The van der Waals surface area contributed by atoms with Gasteiger partial charge >= 0.3 is 6.09 Å². The van der Waals surface area contributed by atoms with E-state index in [2.05, 4.69) is 10.3 Å². The van der Waals surface area contributed by atoms with Gasteiger partial charge in [-0.2, -0.15) is 0 Å². The number of benzene rings is 1. The quantitative estimate of drug-likeness (QED) is 0.847. The minimum atomic E-state index is -0.424. The first-order valence-corrected chi connectivity index (χ1v) is 5.47. The van der Waals surface area contributed by atoms with Crippen LogP contribution in [-0.4, -0.2) is 17.6 Å². The van der Waals surface area contributed by atoms with Crippen LogP contribution in [0, 0.1) is 0 Å². The number of hydrogen-bond donors (Lipinski definition) is 2. The summed E-state index contributed by atoms with van der Waals surface area (Å²) in [5, 5.41) is 2.69. The Morgan fingerprint density at radius 3 is 2.76 bits per heavy atom. The van der Waals surface area contributed by atoms with Gasteiger partial charge < -0.3 is 15.0 Å². The van der Waals surface area contributed by atoms with Crippen LogP contribution < -0.4 is 10.1 Å². The van der Waals surface area contributed by atoms with Crippen molar-refractivity contribution < 1.29 is 9.53 Å². The number of carbonyl (C=O) groups excluding carboxylic acids is 1. The molecule has 0 radical (unpaired) electrons.